The van der Waals surface area contributed by atoms with Gasteiger partial charge in [-0.3, -0.25) is 0 Å². The number of nitrogens with zero attached hydrogens (tertiary/aromatic N) is 3. The van der Waals surface area contributed by atoms with E-state index in [-0.39, 0.29) is 17.3 Å². The van der Waals surface area contributed by atoms with Crippen LogP contribution in [0.25, 0.3) is 0 Å². The van der Waals surface area contributed by atoms with Crippen molar-refractivity contribution in [2.75, 3.05) is 0 Å². The minimum atomic E-state index is 0.0690. The molecule has 0 amide bonds. The summed E-state index contributed by atoms with van der Waals surface area (Å²) in [5, 5.41) is 12.1. The molecular weight excluding hydrogens is 264 g/mol. The molecule has 1 aromatic carbocycles. The second-order valence-electron chi connectivity index (χ2n) is 6.26. The molecule has 1 heterocycles. The maximum atomic E-state index is 8.98. The first kappa shape index (κ1) is 13.7. The summed E-state index contributed by atoms with van der Waals surface area (Å²) in [5.41, 5.74) is 9.16. The lowest BCUT2D eigenvalue weighted by atomic mass is 9.70. The van der Waals surface area contributed by atoms with E-state index in [2.05, 4.69) is 48.3 Å². The molecule has 5 nitrogen and oxygen atoms in total. The quantitative estimate of drug-likeness (QED) is 0.385. The summed E-state index contributed by atoms with van der Waals surface area (Å²) in [6.45, 7) is 4.51. The first-order chi connectivity index (χ1) is 10.0. The molecular formula is C16H20N4O. The number of hydrogen-bond acceptors (Lipinski definition) is 3. The average Bonchev–Trinajstić information content (AvgIpc) is 2.94. The van der Waals surface area contributed by atoms with Gasteiger partial charge >= 0.3 is 0 Å². The van der Waals surface area contributed by atoms with Crippen LogP contribution in [0, 0.1) is 5.41 Å². The molecule has 0 bridgehead atoms. The maximum absolute atomic E-state index is 8.98. The molecule has 0 saturated carbocycles. The highest BCUT2D eigenvalue weighted by Gasteiger charge is 2.38. The van der Waals surface area contributed by atoms with Gasteiger partial charge in [-0.2, -0.15) is 0 Å². The molecule has 2 aromatic rings. The van der Waals surface area contributed by atoms with Crippen LogP contribution in [-0.4, -0.2) is 20.6 Å². The lowest BCUT2D eigenvalue weighted by Crippen LogP contribution is -2.35. The van der Waals surface area contributed by atoms with Crippen molar-refractivity contribution < 1.29 is 5.21 Å². The molecule has 3 N–H and O–H groups in total. The van der Waals surface area contributed by atoms with E-state index in [4.69, 9.17) is 10.9 Å². The van der Waals surface area contributed by atoms with Crippen molar-refractivity contribution in [1.82, 2.24) is 9.55 Å². The van der Waals surface area contributed by atoms with Gasteiger partial charge in [-0.1, -0.05) is 43.3 Å². The minimum Gasteiger partial charge on any atom is -0.409 e. The van der Waals surface area contributed by atoms with Crippen LogP contribution in [0.5, 0.6) is 0 Å². The van der Waals surface area contributed by atoms with Crippen LogP contribution in [0.15, 0.2) is 41.9 Å². The van der Waals surface area contributed by atoms with Crippen molar-refractivity contribution in [3.05, 3.63) is 53.6 Å². The molecule has 21 heavy (non-hydrogen) atoms. The number of aryl methyl sites for hydroxylation is 1. The fourth-order valence-corrected chi connectivity index (χ4v) is 3.33. The lowest BCUT2D eigenvalue weighted by Gasteiger charge is -2.41. The second-order valence-corrected chi connectivity index (χ2v) is 6.26. The molecule has 0 aliphatic heterocycles. The Morgan fingerprint density at radius 2 is 2.19 bits per heavy atom. The first-order valence-electron chi connectivity index (χ1n) is 7.12. The summed E-state index contributed by atoms with van der Waals surface area (Å²) < 4.78 is 2.02. The van der Waals surface area contributed by atoms with Crippen molar-refractivity contribution in [2.45, 2.75) is 32.7 Å². The summed E-state index contributed by atoms with van der Waals surface area (Å²) in [6, 6.07) is 8.61. The van der Waals surface area contributed by atoms with Gasteiger partial charge in [0.1, 0.15) is 5.69 Å². The van der Waals surface area contributed by atoms with Crippen molar-refractivity contribution >= 4 is 5.84 Å². The van der Waals surface area contributed by atoms with E-state index in [1.165, 1.54) is 11.1 Å². The van der Waals surface area contributed by atoms with E-state index in [0.717, 1.165) is 12.8 Å². The highest BCUT2D eigenvalue weighted by atomic mass is 16.4. The smallest absolute Gasteiger partial charge is 0.188 e. The largest absolute Gasteiger partial charge is 0.409 e. The van der Waals surface area contributed by atoms with Gasteiger partial charge in [0.05, 0.1) is 18.6 Å². The molecule has 5 heteroatoms. The lowest BCUT2D eigenvalue weighted by molar-refractivity contribution is 0.215. The minimum absolute atomic E-state index is 0.0690. The van der Waals surface area contributed by atoms with Crippen molar-refractivity contribution in [2.24, 2.45) is 16.3 Å². The van der Waals surface area contributed by atoms with Crippen LogP contribution in [0.2, 0.25) is 0 Å². The van der Waals surface area contributed by atoms with Crippen LogP contribution in [0.3, 0.4) is 0 Å². The topological polar surface area (TPSA) is 76.4 Å². The molecule has 1 unspecified atom stereocenters. The van der Waals surface area contributed by atoms with Crippen LogP contribution >= 0.6 is 0 Å². The molecule has 1 aromatic heterocycles. The SMILES string of the molecule is CC1(C)CCc2ccccc2C1n1cncc1C(N)=NO. The van der Waals surface area contributed by atoms with Crippen LogP contribution in [-0.2, 0) is 6.42 Å². The van der Waals surface area contributed by atoms with Gasteiger partial charge in [0, 0.05) is 0 Å². The number of aromatic nitrogens is 2. The summed E-state index contributed by atoms with van der Waals surface area (Å²) in [4.78, 5) is 4.20. The third-order valence-corrected chi connectivity index (χ3v) is 4.44. The zero-order valence-electron chi connectivity index (χ0n) is 12.3. The number of nitrogens with two attached hydrogens (primary N) is 1. The summed E-state index contributed by atoms with van der Waals surface area (Å²) >= 11 is 0. The Hall–Kier alpha value is -2.30. The first-order valence-corrected chi connectivity index (χ1v) is 7.12. The van der Waals surface area contributed by atoms with Crippen LogP contribution < -0.4 is 5.73 Å². The number of imidazole rings is 1. The average molecular weight is 284 g/mol. The van der Waals surface area contributed by atoms with Crippen molar-refractivity contribution in [3.8, 4) is 0 Å². The Bertz CT molecular complexity index is 687. The van der Waals surface area contributed by atoms with Crippen molar-refractivity contribution in [1.29, 1.82) is 0 Å². The Morgan fingerprint density at radius 3 is 2.95 bits per heavy atom. The number of amidine groups is 1. The Morgan fingerprint density at radius 1 is 1.43 bits per heavy atom. The third kappa shape index (κ3) is 2.18. The van der Waals surface area contributed by atoms with E-state index in [0.29, 0.717) is 5.69 Å². The van der Waals surface area contributed by atoms with E-state index >= 15 is 0 Å². The van der Waals surface area contributed by atoms with Crippen LogP contribution in [0.1, 0.15) is 43.1 Å². The van der Waals surface area contributed by atoms with Gasteiger partial charge < -0.3 is 15.5 Å². The zero-order chi connectivity index (χ0) is 15.0. The third-order valence-electron chi connectivity index (χ3n) is 4.44. The summed E-state index contributed by atoms with van der Waals surface area (Å²) in [6.07, 6.45) is 5.57. The van der Waals surface area contributed by atoms with Gasteiger partial charge in [0.15, 0.2) is 5.84 Å². The fourth-order valence-electron chi connectivity index (χ4n) is 3.33. The number of fused-ring (bicyclic) bond motifs is 1. The van der Waals surface area contributed by atoms with Crippen molar-refractivity contribution in [3.63, 3.8) is 0 Å². The molecule has 0 fully saturated rings. The molecule has 1 aliphatic carbocycles. The number of hydrogen-bond donors (Lipinski definition) is 2. The second kappa shape index (κ2) is 4.91. The monoisotopic (exact) mass is 284 g/mol. The Kier molecular flexibility index (Phi) is 3.20. The molecule has 3 rings (SSSR count). The standard InChI is InChI=1S/C16H20N4O/c1-16(2)8-7-11-5-3-4-6-12(11)14(16)20-10-18-9-13(20)15(17)19-21/h3-6,9-10,14,21H,7-8H2,1-2H3,(H2,17,19). The molecule has 0 spiro atoms. The molecule has 1 aliphatic rings. The Labute approximate surface area is 124 Å². The van der Waals surface area contributed by atoms with E-state index in [1.807, 2.05) is 4.57 Å². The van der Waals surface area contributed by atoms with E-state index in [9.17, 15) is 0 Å². The van der Waals surface area contributed by atoms with Gasteiger partial charge in [-0.15, -0.1) is 0 Å². The van der Waals surface area contributed by atoms with E-state index in [1.54, 1.807) is 12.5 Å². The van der Waals surface area contributed by atoms with Gasteiger partial charge in [-0.25, -0.2) is 4.98 Å². The summed E-state index contributed by atoms with van der Waals surface area (Å²) in [5.74, 6) is 0.0892. The molecule has 0 radical (unpaired) electrons. The van der Waals surface area contributed by atoms with Gasteiger partial charge in [-0.05, 0) is 29.4 Å². The fraction of sp³-hybridized carbons (Fsp3) is 0.375. The normalized spacial score (nSPS) is 21.0. The van der Waals surface area contributed by atoms with Crippen LogP contribution in [0.4, 0.5) is 0 Å². The number of benzene rings is 1. The number of rotatable bonds is 2. The summed E-state index contributed by atoms with van der Waals surface area (Å²) in [7, 11) is 0. The maximum Gasteiger partial charge on any atom is 0.188 e. The van der Waals surface area contributed by atoms with Gasteiger partial charge in [0.2, 0.25) is 0 Å². The molecule has 110 valence electrons. The van der Waals surface area contributed by atoms with Gasteiger partial charge in [0.25, 0.3) is 0 Å². The predicted molar refractivity (Wildman–Crippen MR) is 81.4 cm³/mol. The zero-order valence-corrected chi connectivity index (χ0v) is 12.3. The molecule has 1 atom stereocenters. The Balaban J connectivity index is 2.18. The molecule has 0 saturated heterocycles. The highest BCUT2D eigenvalue weighted by molar-refractivity contribution is 5.95. The van der Waals surface area contributed by atoms with E-state index < -0.39 is 0 Å². The number of oxime groups is 1. The predicted octanol–water partition coefficient (Wildman–Crippen LogP) is 2.54. The highest BCUT2D eigenvalue weighted by Crippen LogP contribution is 2.46.